The summed E-state index contributed by atoms with van der Waals surface area (Å²) in [6.07, 6.45) is -1.09. The van der Waals surface area contributed by atoms with Gasteiger partial charge in [0.25, 0.3) is 0 Å². The van der Waals surface area contributed by atoms with Crippen molar-refractivity contribution in [2.45, 2.75) is 17.2 Å². The molecule has 1 rings (SSSR count). The van der Waals surface area contributed by atoms with E-state index in [4.69, 9.17) is 5.73 Å². The number of thiophene rings is 1. The molecule has 0 aliphatic carbocycles. The van der Waals surface area contributed by atoms with Gasteiger partial charge >= 0.3 is 0 Å². The second-order valence-corrected chi connectivity index (χ2v) is 7.61. The van der Waals surface area contributed by atoms with Crippen molar-refractivity contribution < 1.29 is 13.5 Å². The first-order valence-corrected chi connectivity index (χ1v) is 8.47. The predicted octanol–water partition coefficient (Wildman–Crippen LogP) is 0.363. The summed E-state index contributed by atoms with van der Waals surface area (Å²) in [4.78, 5) is 3.89. The molecule has 1 unspecified atom stereocenters. The number of nitrogens with one attached hydrogen (secondary N) is 1. The molecule has 1 atom stereocenters. The number of aliphatic imine (C=N–C) groups is 1. The van der Waals surface area contributed by atoms with Crippen LogP contribution in [0.25, 0.3) is 0 Å². The third-order valence-electron chi connectivity index (χ3n) is 2.26. The van der Waals surface area contributed by atoms with Crippen molar-refractivity contribution in [2.75, 3.05) is 18.8 Å². The third kappa shape index (κ3) is 5.72. The van der Waals surface area contributed by atoms with Gasteiger partial charge in [0.1, 0.15) is 4.21 Å². The molecule has 1 heterocycles. The Morgan fingerprint density at radius 3 is 2.90 bits per heavy atom. The van der Waals surface area contributed by atoms with Gasteiger partial charge in [-0.1, -0.05) is 18.2 Å². The molecular formula is C12H19N3O3S2. The number of guanidine groups is 1. The van der Waals surface area contributed by atoms with E-state index < -0.39 is 15.9 Å². The van der Waals surface area contributed by atoms with Crippen molar-refractivity contribution in [1.29, 1.82) is 0 Å². The third-order valence-corrected chi connectivity index (χ3v) is 5.54. The van der Waals surface area contributed by atoms with E-state index in [1.165, 1.54) is 6.07 Å². The number of nitrogens with two attached hydrogens (primary N) is 1. The number of hydrogen-bond donors (Lipinski definition) is 3. The fourth-order valence-corrected chi connectivity index (χ4v) is 3.80. The molecule has 0 aliphatic heterocycles. The van der Waals surface area contributed by atoms with Gasteiger partial charge in [0.2, 0.25) is 0 Å². The standard InChI is InChI=1S/C12H19N3O3S2/c1-9(2)6-14-12(13)15-7-10(16)8-20(17,18)11-4-3-5-19-11/h3-5,10,16H,1,6-8H2,2H3,(H3,13,14,15). The molecule has 0 radical (unpaired) electrons. The van der Waals surface area contributed by atoms with Crippen molar-refractivity contribution in [2.24, 2.45) is 10.7 Å². The lowest BCUT2D eigenvalue weighted by atomic mass is 10.3. The van der Waals surface area contributed by atoms with Gasteiger partial charge in [0.05, 0.1) is 18.4 Å². The van der Waals surface area contributed by atoms with Crippen LogP contribution >= 0.6 is 11.3 Å². The Balaban J connectivity index is 2.50. The van der Waals surface area contributed by atoms with Crippen molar-refractivity contribution in [1.82, 2.24) is 5.32 Å². The quantitative estimate of drug-likeness (QED) is 0.383. The molecule has 1 aromatic rings. The molecule has 20 heavy (non-hydrogen) atoms. The van der Waals surface area contributed by atoms with Crippen LogP contribution in [0.5, 0.6) is 0 Å². The van der Waals surface area contributed by atoms with Crippen molar-refractivity contribution in [3.8, 4) is 0 Å². The molecule has 0 saturated carbocycles. The van der Waals surface area contributed by atoms with E-state index in [1.54, 1.807) is 11.4 Å². The fourth-order valence-electron chi connectivity index (χ4n) is 1.33. The Kier molecular flexibility index (Phi) is 6.18. The lowest BCUT2D eigenvalue weighted by Gasteiger charge is -2.09. The Labute approximate surface area is 123 Å². The van der Waals surface area contributed by atoms with Gasteiger partial charge in [-0.25, -0.2) is 8.42 Å². The van der Waals surface area contributed by atoms with E-state index in [0.29, 0.717) is 6.54 Å². The minimum atomic E-state index is -3.47. The minimum Gasteiger partial charge on any atom is -0.390 e. The molecule has 6 nitrogen and oxygen atoms in total. The number of sulfone groups is 1. The average molecular weight is 317 g/mol. The molecule has 8 heteroatoms. The monoisotopic (exact) mass is 317 g/mol. The maximum Gasteiger partial charge on any atom is 0.190 e. The second kappa shape index (κ2) is 7.41. The van der Waals surface area contributed by atoms with Gasteiger partial charge in [0.15, 0.2) is 15.8 Å². The van der Waals surface area contributed by atoms with Crippen LogP contribution in [0.15, 0.2) is 38.9 Å². The fraction of sp³-hybridized carbons (Fsp3) is 0.417. The number of nitrogens with zero attached hydrogens (tertiary/aromatic N) is 1. The van der Waals surface area contributed by atoms with Gasteiger partial charge in [-0.15, -0.1) is 11.3 Å². The molecule has 0 spiro atoms. The van der Waals surface area contributed by atoms with Crippen LogP contribution < -0.4 is 11.1 Å². The Bertz CT molecular complexity index is 565. The van der Waals surface area contributed by atoms with Crippen LogP contribution in [-0.2, 0) is 9.84 Å². The molecule has 4 N–H and O–H groups in total. The maximum absolute atomic E-state index is 11.9. The minimum absolute atomic E-state index is 0.0698. The van der Waals surface area contributed by atoms with Crippen molar-refractivity contribution in [3.05, 3.63) is 29.7 Å². The van der Waals surface area contributed by atoms with Crippen LogP contribution in [-0.4, -0.2) is 44.4 Å². The zero-order valence-corrected chi connectivity index (χ0v) is 12.9. The van der Waals surface area contributed by atoms with Gasteiger partial charge in [0, 0.05) is 6.54 Å². The zero-order valence-electron chi connectivity index (χ0n) is 11.2. The Hall–Kier alpha value is -1.38. The van der Waals surface area contributed by atoms with Crippen LogP contribution in [0.2, 0.25) is 0 Å². The molecule has 112 valence electrons. The average Bonchev–Trinajstić information content (AvgIpc) is 2.87. The van der Waals surface area contributed by atoms with Crippen molar-refractivity contribution >= 4 is 27.1 Å². The first-order chi connectivity index (χ1) is 9.31. The van der Waals surface area contributed by atoms with E-state index in [1.807, 2.05) is 6.92 Å². The van der Waals surface area contributed by atoms with E-state index in [0.717, 1.165) is 16.9 Å². The molecule has 0 bridgehead atoms. The lowest BCUT2D eigenvalue weighted by molar-refractivity contribution is 0.206. The number of aliphatic hydroxyl groups excluding tert-OH is 1. The van der Waals surface area contributed by atoms with E-state index in [-0.39, 0.29) is 22.5 Å². The summed E-state index contributed by atoms with van der Waals surface area (Å²) < 4.78 is 24.1. The molecule has 0 aliphatic rings. The summed E-state index contributed by atoms with van der Waals surface area (Å²) in [5, 5.41) is 14.2. The molecular weight excluding hydrogens is 298 g/mol. The number of aliphatic hydroxyl groups is 1. The summed E-state index contributed by atoms with van der Waals surface area (Å²) in [6.45, 7) is 5.95. The topological polar surface area (TPSA) is 105 Å². The second-order valence-electron chi connectivity index (χ2n) is 4.40. The summed E-state index contributed by atoms with van der Waals surface area (Å²) in [5.74, 6) is -0.217. The number of rotatable bonds is 7. The van der Waals surface area contributed by atoms with Crippen LogP contribution in [0.4, 0.5) is 0 Å². The SMILES string of the molecule is C=C(C)CNC(N)=NCC(O)CS(=O)(=O)c1cccs1. The van der Waals surface area contributed by atoms with Crippen LogP contribution in [0, 0.1) is 0 Å². The highest BCUT2D eigenvalue weighted by atomic mass is 32.2. The normalized spacial score (nSPS) is 14.0. The van der Waals surface area contributed by atoms with E-state index in [2.05, 4.69) is 16.9 Å². The smallest absolute Gasteiger partial charge is 0.190 e. The lowest BCUT2D eigenvalue weighted by Crippen LogP contribution is -2.34. The van der Waals surface area contributed by atoms with Crippen molar-refractivity contribution in [3.63, 3.8) is 0 Å². The summed E-state index contributed by atoms with van der Waals surface area (Å²) in [5.41, 5.74) is 6.46. The molecule has 0 amide bonds. The highest BCUT2D eigenvalue weighted by Crippen LogP contribution is 2.18. The molecule has 1 aromatic heterocycles. The zero-order chi connectivity index (χ0) is 15.2. The largest absolute Gasteiger partial charge is 0.390 e. The number of hydrogen-bond acceptors (Lipinski definition) is 5. The van der Waals surface area contributed by atoms with E-state index in [9.17, 15) is 13.5 Å². The summed E-state index contributed by atoms with van der Waals surface area (Å²) in [7, 11) is -3.47. The maximum atomic E-state index is 11.9. The van der Waals surface area contributed by atoms with Gasteiger partial charge in [-0.3, -0.25) is 4.99 Å². The van der Waals surface area contributed by atoms with Crippen LogP contribution in [0.3, 0.4) is 0 Å². The summed E-state index contributed by atoms with van der Waals surface area (Å²) >= 11 is 1.13. The predicted molar refractivity (Wildman–Crippen MR) is 81.7 cm³/mol. The first-order valence-electron chi connectivity index (χ1n) is 5.94. The first kappa shape index (κ1) is 16.7. The molecule has 0 saturated heterocycles. The van der Waals surface area contributed by atoms with Gasteiger partial charge in [-0.05, 0) is 18.4 Å². The highest BCUT2D eigenvalue weighted by molar-refractivity contribution is 7.93. The Morgan fingerprint density at radius 2 is 2.35 bits per heavy atom. The molecule has 0 aromatic carbocycles. The Morgan fingerprint density at radius 1 is 1.65 bits per heavy atom. The van der Waals surface area contributed by atoms with E-state index >= 15 is 0 Å². The summed E-state index contributed by atoms with van der Waals surface area (Å²) in [6, 6.07) is 3.17. The molecule has 0 fully saturated rings. The highest BCUT2D eigenvalue weighted by Gasteiger charge is 2.20. The van der Waals surface area contributed by atoms with Gasteiger partial charge < -0.3 is 16.2 Å². The van der Waals surface area contributed by atoms with Crippen LogP contribution in [0.1, 0.15) is 6.92 Å². The van der Waals surface area contributed by atoms with Gasteiger partial charge in [-0.2, -0.15) is 0 Å².